The van der Waals surface area contributed by atoms with Crippen molar-refractivity contribution < 1.29 is 13.2 Å². The molecule has 2 aromatic rings. The van der Waals surface area contributed by atoms with Crippen molar-refractivity contribution in [3.8, 4) is 0 Å². The Morgan fingerprint density at radius 1 is 1.42 bits per heavy atom. The second kappa shape index (κ2) is 4.84. The third-order valence-electron chi connectivity index (χ3n) is 2.67. The zero-order valence-corrected chi connectivity index (χ0v) is 11.0. The molecule has 5 nitrogen and oxygen atoms in total. The lowest BCUT2D eigenvalue weighted by atomic mass is 10.3. The van der Waals surface area contributed by atoms with E-state index >= 15 is 0 Å². The highest BCUT2D eigenvalue weighted by molar-refractivity contribution is 6.30. The summed E-state index contributed by atoms with van der Waals surface area (Å²) in [7, 11) is 1.55. The van der Waals surface area contributed by atoms with Gasteiger partial charge < -0.3 is 4.90 Å². The van der Waals surface area contributed by atoms with E-state index in [1.165, 1.54) is 15.7 Å². The Bertz CT molecular complexity index is 595. The fraction of sp³-hybridized carbons (Fsp3) is 0.500. The highest BCUT2D eigenvalue weighted by Gasteiger charge is 2.28. The van der Waals surface area contributed by atoms with Crippen LogP contribution in [0.5, 0.6) is 0 Å². The van der Waals surface area contributed by atoms with Gasteiger partial charge in [-0.25, -0.2) is 0 Å². The number of nitrogens with zero attached hydrogens (tertiary/aromatic N) is 5. The summed E-state index contributed by atoms with van der Waals surface area (Å²) < 4.78 is 38.2. The molecule has 2 aromatic heterocycles. The third kappa shape index (κ3) is 2.89. The minimum Gasteiger partial charge on any atom is -0.359 e. The van der Waals surface area contributed by atoms with E-state index in [2.05, 4.69) is 15.1 Å². The molecule has 0 aliphatic heterocycles. The van der Waals surface area contributed by atoms with Gasteiger partial charge in [0, 0.05) is 19.2 Å². The van der Waals surface area contributed by atoms with Gasteiger partial charge in [-0.1, -0.05) is 11.6 Å². The summed E-state index contributed by atoms with van der Waals surface area (Å²) in [5.41, 5.74) is 0.560. The first kappa shape index (κ1) is 13.9. The van der Waals surface area contributed by atoms with Gasteiger partial charge in [0.15, 0.2) is 0 Å². The van der Waals surface area contributed by atoms with Crippen LogP contribution < -0.4 is 4.90 Å². The van der Waals surface area contributed by atoms with E-state index in [-0.39, 0.29) is 17.5 Å². The van der Waals surface area contributed by atoms with E-state index in [4.69, 9.17) is 11.6 Å². The lowest BCUT2D eigenvalue weighted by Crippen LogP contribution is -2.27. The molecule has 0 spiro atoms. The first-order valence-electron chi connectivity index (χ1n) is 5.43. The number of aromatic nitrogens is 4. The van der Waals surface area contributed by atoms with Crippen molar-refractivity contribution in [1.29, 1.82) is 0 Å². The normalized spacial score (nSPS) is 12.1. The highest BCUT2D eigenvalue weighted by atomic mass is 35.5. The van der Waals surface area contributed by atoms with Crippen molar-refractivity contribution in [3.05, 3.63) is 17.0 Å². The molecule has 19 heavy (non-hydrogen) atoms. The Morgan fingerprint density at radius 2 is 2.11 bits per heavy atom. The smallest absolute Gasteiger partial charge is 0.359 e. The maximum absolute atomic E-state index is 12.3. The van der Waals surface area contributed by atoms with Crippen LogP contribution in [-0.4, -0.2) is 39.4 Å². The van der Waals surface area contributed by atoms with Crippen LogP contribution in [0.4, 0.5) is 19.0 Å². The molecule has 0 fully saturated rings. The van der Waals surface area contributed by atoms with E-state index < -0.39 is 12.6 Å². The third-order valence-corrected chi connectivity index (χ3v) is 3.03. The first-order chi connectivity index (χ1) is 8.79. The lowest BCUT2D eigenvalue weighted by Gasteiger charge is -2.22. The van der Waals surface area contributed by atoms with E-state index in [1.807, 2.05) is 0 Å². The summed E-state index contributed by atoms with van der Waals surface area (Å²) in [6, 6.07) is 0. The Balaban J connectivity index is 2.37. The molecule has 0 aliphatic rings. The van der Waals surface area contributed by atoms with Crippen molar-refractivity contribution in [2.24, 2.45) is 0 Å². The van der Waals surface area contributed by atoms with Crippen LogP contribution >= 0.6 is 11.6 Å². The fourth-order valence-electron chi connectivity index (χ4n) is 1.73. The number of halogens is 4. The first-order valence-corrected chi connectivity index (χ1v) is 5.81. The van der Waals surface area contributed by atoms with E-state index in [1.54, 1.807) is 14.0 Å². The maximum atomic E-state index is 12.3. The predicted molar refractivity (Wildman–Crippen MR) is 64.5 cm³/mol. The van der Waals surface area contributed by atoms with Gasteiger partial charge in [0.05, 0.1) is 6.42 Å². The summed E-state index contributed by atoms with van der Waals surface area (Å²) in [6.07, 6.45) is -3.85. The highest BCUT2D eigenvalue weighted by Crippen LogP contribution is 2.26. The van der Waals surface area contributed by atoms with Gasteiger partial charge in [-0.15, -0.1) is 0 Å². The molecule has 0 saturated heterocycles. The number of fused-ring (bicyclic) bond motifs is 1. The average molecular weight is 294 g/mol. The number of hydrogen-bond donors (Lipinski definition) is 0. The zero-order chi connectivity index (χ0) is 14.2. The van der Waals surface area contributed by atoms with Crippen molar-refractivity contribution in [2.75, 3.05) is 18.5 Å². The summed E-state index contributed by atoms with van der Waals surface area (Å²) in [4.78, 5) is 9.32. The van der Waals surface area contributed by atoms with E-state index in [0.29, 0.717) is 11.4 Å². The van der Waals surface area contributed by atoms with E-state index in [9.17, 15) is 13.2 Å². The molecule has 0 amide bonds. The molecule has 0 aromatic carbocycles. The molecule has 2 heterocycles. The van der Waals surface area contributed by atoms with Crippen LogP contribution in [0.3, 0.4) is 0 Å². The van der Waals surface area contributed by atoms with Gasteiger partial charge >= 0.3 is 6.18 Å². The van der Waals surface area contributed by atoms with Crippen molar-refractivity contribution in [1.82, 2.24) is 19.6 Å². The quantitative estimate of drug-likeness (QED) is 0.816. The molecular formula is C10H11ClF3N5. The molecular weight excluding hydrogens is 283 g/mol. The molecule has 0 N–H and O–H groups in total. The standard InChI is InChI=1S/C10H11ClF3N5/c1-6-7(11)17-9-15-5-16-19(9)8(6)18(2)4-3-10(12,13)14/h5H,3-4H2,1-2H3. The SMILES string of the molecule is Cc1c(Cl)nc2ncnn2c1N(C)CCC(F)(F)F. The topological polar surface area (TPSA) is 46.3 Å². The van der Waals surface area contributed by atoms with Crippen LogP contribution in [0.15, 0.2) is 6.33 Å². The largest absolute Gasteiger partial charge is 0.390 e. The van der Waals surface area contributed by atoms with Crippen LogP contribution in [0, 0.1) is 6.92 Å². The predicted octanol–water partition coefficient (Wildman–Crippen LogP) is 2.47. The number of hydrogen-bond acceptors (Lipinski definition) is 4. The molecule has 0 unspecified atom stereocenters. The Labute approximate surface area is 112 Å². The fourth-order valence-corrected chi connectivity index (χ4v) is 1.89. The average Bonchev–Trinajstić information content (AvgIpc) is 2.74. The lowest BCUT2D eigenvalue weighted by molar-refractivity contribution is -0.132. The van der Waals surface area contributed by atoms with Crippen LogP contribution in [-0.2, 0) is 0 Å². The van der Waals surface area contributed by atoms with Crippen LogP contribution in [0.2, 0.25) is 5.15 Å². The maximum Gasteiger partial charge on any atom is 0.390 e. The number of rotatable bonds is 3. The summed E-state index contributed by atoms with van der Waals surface area (Å²) in [6.45, 7) is 1.48. The van der Waals surface area contributed by atoms with Gasteiger partial charge in [-0.3, -0.25) is 0 Å². The van der Waals surface area contributed by atoms with Crippen LogP contribution in [0.1, 0.15) is 12.0 Å². The van der Waals surface area contributed by atoms with Crippen LogP contribution in [0.25, 0.3) is 5.78 Å². The molecule has 0 atom stereocenters. The second-order valence-corrected chi connectivity index (χ2v) is 4.47. The van der Waals surface area contributed by atoms with Gasteiger partial charge in [0.25, 0.3) is 5.78 Å². The molecule has 2 rings (SSSR count). The molecule has 0 bridgehead atoms. The molecule has 0 aliphatic carbocycles. The van der Waals surface area contributed by atoms with Gasteiger partial charge in [0.1, 0.15) is 17.3 Å². The molecule has 0 radical (unpaired) electrons. The second-order valence-electron chi connectivity index (χ2n) is 4.11. The Hall–Kier alpha value is -1.57. The van der Waals surface area contributed by atoms with E-state index in [0.717, 1.165) is 0 Å². The number of anilines is 1. The summed E-state index contributed by atoms with van der Waals surface area (Å²) in [5.74, 6) is 0.709. The zero-order valence-electron chi connectivity index (χ0n) is 10.2. The molecule has 0 saturated carbocycles. The Kier molecular flexibility index (Phi) is 3.53. The summed E-state index contributed by atoms with van der Waals surface area (Å²) in [5, 5.41) is 4.15. The molecule has 9 heteroatoms. The minimum absolute atomic E-state index is 0.195. The summed E-state index contributed by atoms with van der Waals surface area (Å²) >= 11 is 5.94. The minimum atomic E-state index is -4.21. The molecule has 104 valence electrons. The van der Waals surface area contributed by atoms with Crippen molar-refractivity contribution in [2.45, 2.75) is 19.5 Å². The van der Waals surface area contributed by atoms with Crippen molar-refractivity contribution >= 4 is 23.2 Å². The van der Waals surface area contributed by atoms with Crippen molar-refractivity contribution in [3.63, 3.8) is 0 Å². The van der Waals surface area contributed by atoms with Gasteiger partial charge in [-0.05, 0) is 6.92 Å². The monoisotopic (exact) mass is 293 g/mol. The van der Waals surface area contributed by atoms with Gasteiger partial charge in [-0.2, -0.15) is 32.8 Å². The Morgan fingerprint density at radius 3 is 2.74 bits per heavy atom. The number of alkyl halides is 3. The van der Waals surface area contributed by atoms with Gasteiger partial charge in [0.2, 0.25) is 0 Å².